The monoisotopic (exact) mass is 503 g/mol. The van der Waals surface area contributed by atoms with Crippen LogP contribution in [-0.4, -0.2) is 14.5 Å². The maximum absolute atomic E-state index is 6.60. The van der Waals surface area contributed by atoms with Crippen molar-refractivity contribution >= 4 is 22.1 Å². The molecule has 0 radical (unpaired) electrons. The van der Waals surface area contributed by atoms with Gasteiger partial charge in [-0.1, -0.05) is 111 Å². The van der Waals surface area contributed by atoms with Gasteiger partial charge in [0.2, 0.25) is 5.95 Å². The van der Waals surface area contributed by atoms with Gasteiger partial charge in [-0.3, -0.25) is 4.57 Å². The zero-order chi connectivity index (χ0) is 26.1. The minimum Gasteiger partial charge on any atom is -0.454 e. The number of hydrogen-bond donors (Lipinski definition) is 0. The van der Waals surface area contributed by atoms with Crippen LogP contribution in [0.5, 0.6) is 0 Å². The Morgan fingerprint density at radius 1 is 0.667 bits per heavy atom. The van der Waals surface area contributed by atoms with Crippen molar-refractivity contribution in [3.63, 3.8) is 0 Å². The summed E-state index contributed by atoms with van der Waals surface area (Å²) >= 11 is 0. The van der Waals surface area contributed by atoms with Crippen molar-refractivity contribution in [3.05, 3.63) is 127 Å². The van der Waals surface area contributed by atoms with E-state index in [4.69, 9.17) is 14.4 Å². The summed E-state index contributed by atoms with van der Waals surface area (Å²) in [6.45, 7) is 4.57. The van der Waals surface area contributed by atoms with E-state index in [9.17, 15) is 0 Å². The van der Waals surface area contributed by atoms with E-state index in [0.29, 0.717) is 5.95 Å². The van der Waals surface area contributed by atoms with Crippen LogP contribution < -0.4 is 0 Å². The average Bonchev–Trinajstić information content (AvgIpc) is 3.60. The third-order valence-corrected chi connectivity index (χ3v) is 8.00. The van der Waals surface area contributed by atoms with Gasteiger partial charge >= 0.3 is 0 Å². The van der Waals surface area contributed by atoms with E-state index >= 15 is 0 Å². The van der Waals surface area contributed by atoms with Crippen molar-refractivity contribution in [1.82, 2.24) is 14.5 Å². The first kappa shape index (κ1) is 22.1. The minimum absolute atomic E-state index is 0.270. The Balaban J connectivity index is 1.52. The van der Waals surface area contributed by atoms with Crippen LogP contribution in [0.1, 0.15) is 25.1 Å². The van der Waals surface area contributed by atoms with Gasteiger partial charge in [0.1, 0.15) is 11.1 Å². The van der Waals surface area contributed by atoms with Crippen molar-refractivity contribution in [3.8, 4) is 39.6 Å². The molecular weight excluding hydrogens is 478 g/mol. The molecule has 0 saturated carbocycles. The molecule has 0 bridgehead atoms. The molecule has 1 aliphatic rings. The van der Waals surface area contributed by atoms with Gasteiger partial charge in [0.05, 0.1) is 11.4 Å². The molecular formula is C35H25N3O. The first-order chi connectivity index (χ1) is 19.1. The molecule has 0 atom stereocenters. The summed E-state index contributed by atoms with van der Waals surface area (Å²) in [4.78, 5) is 10.4. The second-order valence-electron chi connectivity index (χ2n) is 10.7. The lowest BCUT2D eigenvalue weighted by Gasteiger charge is -2.24. The molecule has 39 heavy (non-hydrogen) atoms. The fraction of sp³-hybridized carbons (Fsp3) is 0.0857. The summed E-state index contributed by atoms with van der Waals surface area (Å²) in [6, 6.07) is 39.7. The van der Waals surface area contributed by atoms with E-state index in [0.717, 1.165) is 55.8 Å². The lowest BCUT2D eigenvalue weighted by molar-refractivity contribution is 0.618. The van der Waals surface area contributed by atoms with Crippen molar-refractivity contribution in [2.75, 3.05) is 0 Å². The van der Waals surface area contributed by atoms with E-state index in [2.05, 4.69) is 85.1 Å². The molecule has 1 aliphatic carbocycles. The van der Waals surface area contributed by atoms with Crippen LogP contribution in [0, 0.1) is 0 Å². The number of fused-ring (bicyclic) bond motifs is 7. The summed E-state index contributed by atoms with van der Waals surface area (Å²) in [5.41, 5.74) is 11.2. The maximum Gasteiger partial charge on any atom is 0.235 e. The highest BCUT2D eigenvalue weighted by Crippen LogP contribution is 2.55. The molecule has 0 aliphatic heterocycles. The van der Waals surface area contributed by atoms with Gasteiger partial charge in [0.15, 0.2) is 5.58 Å². The van der Waals surface area contributed by atoms with Crippen molar-refractivity contribution < 1.29 is 4.42 Å². The Kier molecular flexibility index (Phi) is 4.54. The Hall–Kier alpha value is -4.96. The number of para-hydroxylation sites is 1. The molecule has 7 aromatic rings. The van der Waals surface area contributed by atoms with Gasteiger partial charge in [0, 0.05) is 33.2 Å². The lowest BCUT2D eigenvalue weighted by atomic mass is 9.85. The molecule has 3 heterocycles. The van der Waals surface area contributed by atoms with E-state index < -0.39 is 0 Å². The van der Waals surface area contributed by atoms with Crippen LogP contribution in [0.15, 0.2) is 120 Å². The Morgan fingerprint density at radius 3 is 1.95 bits per heavy atom. The topological polar surface area (TPSA) is 43.9 Å². The quantitative estimate of drug-likeness (QED) is 0.242. The highest BCUT2D eigenvalue weighted by molar-refractivity contribution is 6.12. The van der Waals surface area contributed by atoms with Gasteiger partial charge in [0.25, 0.3) is 0 Å². The second-order valence-corrected chi connectivity index (χ2v) is 10.7. The number of hydrogen-bond acceptors (Lipinski definition) is 3. The van der Waals surface area contributed by atoms with E-state index in [1.165, 1.54) is 11.1 Å². The van der Waals surface area contributed by atoms with Crippen LogP contribution in [-0.2, 0) is 5.41 Å². The molecule has 0 saturated heterocycles. The fourth-order valence-electron chi connectivity index (χ4n) is 6.22. The van der Waals surface area contributed by atoms with Crippen molar-refractivity contribution in [2.24, 2.45) is 0 Å². The highest BCUT2D eigenvalue weighted by atomic mass is 16.3. The molecule has 0 N–H and O–H groups in total. The van der Waals surface area contributed by atoms with Crippen LogP contribution in [0.3, 0.4) is 0 Å². The molecule has 3 aromatic heterocycles. The zero-order valence-electron chi connectivity index (χ0n) is 21.7. The first-order valence-electron chi connectivity index (χ1n) is 13.3. The van der Waals surface area contributed by atoms with Crippen LogP contribution in [0.4, 0.5) is 0 Å². The Morgan fingerprint density at radius 2 is 1.26 bits per heavy atom. The van der Waals surface area contributed by atoms with Crippen LogP contribution in [0.25, 0.3) is 61.7 Å². The molecule has 0 spiro atoms. The molecule has 4 heteroatoms. The normalized spacial score (nSPS) is 13.6. The smallest absolute Gasteiger partial charge is 0.235 e. The van der Waals surface area contributed by atoms with Crippen molar-refractivity contribution in [2.45, 2.75) is 19.3 Å². The SMILES string of the molecule is CC1(C)c2ccccc2-c2c1n(-c1nc(-c3ccccc3)cc(-c3ccccc3)n1)c1c2oc2ccccc21. The van der Waals surface area contributed by atoms with Crippen molar-refractivity contribution in [1.29, 1.82) is 0 Å². The summed E-state index contributed by atoms with van der Waals surface area (Å²) in [7, 11) is 0. The third kappa shape index (κ3) is 3.12. The van der Waals surface area contributed by atoms with E-state index in [-0.39, 0.29) is 5.41 Å². The average molecular weight is 504 g/mol. The van der Waals surface area contributed by atoms with E-state index in [1.54, 1.807) is 0 Å². The first-order valence-corrected chi connectivity index (χ1v) is 13.3. The molecule has 0 amide bonds. The van der Waals surface area contributed by atoms with Gasteiger partial charge in [-0.15, -0.1) is 0 Å². The molecule has 186 valence electrons. The third-order valence-electron chi connectivity index (χ3n) is 8.00. The van der Waals surface area contributed by atoms with Crippen LogP contribution >= 0.6 is 0 Å². The maximum atomic E-state index is 6.60. The summed E-state index contributed by atoms with van der Waals surface area (Å²) in [5.74, 6) is 0.647. The number of nitrogens with zero attached hydrogens (tertiary/aromatic N) is 3. The van der Waals surface area contributed by atoms with E-state index in [1.807, 2.05) is 48.5 Å². The predicted molar refractivity (Wildman–Crippen MR) is 157 cm³/mol. The number of aromatic nitrogens is 3. The second kappa shape index (κ2) is 8.02. The number of benzene rings is 4. The molecule has 0 fully saturated rings. The number of furan rings is 1. The fourth-order valence-corrected chi connectivity index (χ4v) is 6.22. The standard InChI is InChI=1S/C35H25N3O/c1-35(2)26-19-11-9-17-24(26)30-32-31(25-18-10-12-20-29(25)39-32)38(33(30)35)34-36-27(22-13-5-3-6-14-22)21-28(37-34)23-15-7-4-8-16-23/h3-21H,1-2H3. The molecule has 0 unspecified atom stereocenters. The van der Waals surface area contributed by atoms with Gasteiger partial charge in [-0.25, -0.2) is 9.97 Å². The largest absolute Gasteiger partial charge is 0.454 e. The molecule has 8 rings (SSSR count). The number of rotatable bonds is 3. The summed E-state index contributed by atoms with van der Waals surface area (Å²) in [6.07, 6.45) is 0. The molecule has 4 nitrogen and oxygen atoms in total. The Labute approximate surface area is 226 Å². The minimum atomic E-state index is -0.270. The lowest BCUT2D eigenvalue weighted by Crippen LogP contribution is -2.21. The van der Waals surface area contributed by atoms with Gasteiger partial charge < -0.3 is 4.42 Å². The van der Waals surface area contributed by atoms with Crippen LogP contribution in [0.2, 0.25) is 0 Å². The highest BCUT2D eigenvalue weighted by Gasteiger charge is 2.43. The predicted octanol–water partition coefficient (Wildman–Crippen LogP) is 8.81. The molecule has 4 aromatic carbocycles. The van der Waals surface area contributed by atoms with Gasteiger partial charge in [-0.2, -0.15) is 0 Å². The summed E-state index contributed by atoms with van der Waals surface area (Å²) < 4.78 is 8.86. The Bertz CT molecular complexity index is 1970. The zero-order valence-corrected chi connectivity index (χ0v) is 21.7. The van der Waals surface area contributed by atoms with Gasteiger partial charge in [-0.05, 0) is 29.3 Å². The summed E-state index contributed by atoms with van der Waals surface area (Å²) in [5, 5.41) is 1.06.